The van der Waals surface area contributed by atoms with Crippen LogP contribution in [0.5, 0.6) is 0 Å². The van der Waals surface area contributed by atoms with E-state index < -0.39 is 0 Å². The van der Waals surface area contributed by atoms with Gasteiger partial charge in [0.25, 0.3) is 0 Å². The van der Waals surface area contributed by atoms with Crippen molar-refractivity contribution in [2.45, 2.75) is 0 Å². The standard InChI is InChI=1S/C58H40N4Se2/c1-6-16-40(17-7-1)55-46-30-32-48(59-46)56(41-18-8-2-9-19-41)50-34-36-52(61-50)58(53-37-35-51(62-53)57(42-20-10-3-11-21-42)49-33-31-47(55)60-49)43-28-26-39(27-29-43)54(64-45-24-14-5-15-25-45)38-63-44-22-12-4-13-23-44/h1-38,59,62H/b54-38-,55-46?,55-47?,56-48?,56-50?,57-49?,57-51?,58-52?,58-53?. The van der Waals surface area contributed by atoms with Crippen LogP contribution in [0.15, 0.2) is 205 Å². The first kappa shape index (κ1) is 39.5. The second kappa shape index (κ2) is 17.8. The van der Waals surface area contributed by atoms with E-state index in [1.165, 1.54) is 19.0 Å². The number of H-pyrrole nitrogens is 2. The van der Waals surface area contributed by atoms with E-state index in [4.69, 9.17) is 9.97 Å². The van der Waals surface area contributed by atoms with Gasteiger partial charge in [-0.25, -0.2) is 0 Å². The maximum atomic E-state index is 5.52. The molecule has 0 spiro atoms. The summed E-state index contributed by atoms with van der Waals surface area (Å²) in [6, 6.07) is 71.3. The molecule has 0 saturated carbocycles. The number of nitrogens with one attached hydrogen (secondary N) is 2. The van der Waals surface area contributed by atoms with Gasteiger partial charge in [0.2, 0.25) is 0 Å². The van der Waals surface area contributed by atoms with Gasteiger partial charge in [0, 0.05) is 11.1 Å². The van der Waals surface area contributed by atoms with Crippen molar-refractivity contribution in [3.63, 3.8) is 0 Å². The number of nitrogens with zero attached hydrogens (tertiary/aromatic N) is 2. The van der Waals surface area contributed by atoms with Gasteiger partial charge in [0.15, 0.2) is 0 Å². The fourth-order valence-electron chi connectivity index (χ4n) is 8.42. The minimum atomic E-state index is 0.143. The molecule has 3 aromatic heterocycles. The molecule has 0 radical (unpaired) electrons. The Morgan fingerprint density at radius 1 is 0.344 bits per heavy atom. The average molecular weight is 951 g/mol. The van der Waals surface area contributed by atoms with Gasteiger partial charge in [-0.3, -0.25) is 0 Å². The first-order chi connectivity index (χ1) is 31.7. The van der Waals surface area contributed by atoms with Crippen molar-refractivity contribution in [2.24, 2.45) is 0 Å². The zero-order valence-electron chi connectivity index (χ0n) is 34.7. The van der Waals surface area contributed by atoms with Gasteiger partial charge in [-0.15, -0.1) is 0 Å². The number of hydrogen-bond acceptors (Lipinski definition) is 2. The molecule has 2 aliphatic rings. The van der Waals surface area contributed by atoms with Crippen LogP contribution in [-0.4, -0.2) is 49.8 Å². The molecule has 0 amide bonds. The molecular weight excluding hydrogens is 911 g/mol. The summed E-state index contributed by atoms with van der Waals surface area (Å²) in [5.41, 5.74) is 17.3. The zero-order chi connectivity index (χ0) is 42.7. The third-order valence-corrected chi connectivity index (χ3v) is 16.3. The Morgan fingerprint density at radius 2 is 0.672 bits per heavy atom. The van der Waals surface area contributed by atoms with Crippen molar-refractivity contribution < 1.29 is 0 Å². The van der Waals surface area contributed by atoms with Crippen molar-refractivity contribution in [3.05, 3.63) is 234 Å². The van der Waals surface area contributed by atoms with E-state index in [2.05, 4.69) is 239 Å². The fraction of sp³-hybridized carbons (Fsp3) is 0. The number of aromatic amines is 2. The van der Waals surface area contributed by atoms with Crippen LogP contribution in [0.4, 0.5) is 0 Å². The average Bonchev–Trinajstić information content (AvgIpc) is 4.21. The first-order valence-electron chi connectivity index (χ1n) is 21.3. The quantitative estimate of drug-likeness (QED) is 0.142. The molecule has 0 saturated heterocycles. The third-order valence-electron chi connectivity index (χ3n) is 11.4. The molecule has 64 heavy (non-hydrogen) atoms. The number of rotatable bonds is 9. The molecule has 2 aliphatic heterocycles. The predicted octanol–water partition coefficient (Wildman–Crippen LogP) is 12.7. The van der Waals surface area contributed by atoms with E-state index in [-0.39, 0.29) is 29.9 Å². The third kappa shape index (κ3) is 8.08. The summed E-state index contributed by atoms with van der Waals surface area (Å²) in [7, 11) is 0. The van der Waals surface area contributed by atoms with Crippen LogP contribution in [0, 0.1) is 0 Å². The van der Waals surface area contributed by atoms with Crippen molar-refractivity contribution in [3.8, 4) is 44.5 Å². The molecule has 6 heteroatoms. The van der Waals surface area contributed by atoms with E-state index in [1.54, 1.807) is 0 Å². The summed E-state index contributed by atoms with van der Waals surface area (Å²) in [5, 5.41) is 0. The molecule has 4 nitrogen and oxygen atoms in total. The van der Waals surface area contributed by atoms with Crippen molar-refractivity contribution >= 4 is 89.7 Å². The number of benzene rings is 6. The van der Waals surface area contributed by atoms with Crippen LogP contribution in [0.2, 0.25) is 0 Å². The van der Waals surface area contributed by atoms with Gasteiger partial charge < -0.3 is 0 Å². The van der Waals surface area contributed by atoms with Crippen LogP contribution in [0.3, 0.4) is 0 Å². The molecule has 304 valence electrons. The van der Waals surface area contributed by atoms with Crippen molar-refractivity contribution in [1.29, 1.82) is 0 Å². The number of aromatic nitrogens is 4. The Labute approximate surface area is 385 Å². The number of hydrogen-bond donors (Lipinski definition) is 2. The van der Waals surface area contributed by atoms with E-state index >= 15 is 0 Å². The van der Waals surface area contributed by atoms with E-state index in [1.807, 2.05) is 0 Å². The topological polar surface area (TPSA) is 57.4 Å². The van der Waals surface area contributed by atoms with Crippen LogP contribution < -0.4 is 8.92 Å². The first-order valence-corrected chi connectivity index (χ1v) is 24.9. The maximum absolute atomic E-state index is 5.52. The Kier molecular flexibility index (Phi) is 11.0. The molecule has 0 atom stereocenters. The Morgan fingerprint density at radius 3 is 1.05 bits per heavy atom. The van der Waals surface area contributed by atoms with Gasteiger partial charge in [0.05, 0.1) is 5.69 Å². The molecule has 6 aromatic carbocycles. The summed E-state index contributed by atoms with van der Waals surface area (Å²) in [4.78, 5) is 21.2. The summed E-state index contributed by atoms with van der Waals surface area (Å²) in [5.74, 6) is 0. The molecule has 0 fully saturated rings. The molecule has 11 rings (SSSR count). The molecule has 2 N–H and O–H groups in total. The normalized spacial score (nSPS) is 12.2. The van der Waals surface area contributed by atoms with Gasteiger partial charge in [0.1, 0.15) is 0 Å². The summed E-state index contributed by atoms with van der Waals surface area (Å²) in [6.45, 7) is 0. The summed E-state index contributed by atoms with van der Waals surface area (Å²) < 4.78 is 4.11. The molecule has 9 aromatic rings. The monoisotopic (exact) mass is 952 g/mol. The summed E-state index contributed by atoms with van der Waals surface area (Å²) >= 11 is 0.350. The Hall–Kier alpha value is -7.30. The molecule has 0 unspecified atom stereocenters. The van der Waals surface area contributed by atoms with Crippen molar-refractivity contribution in [2.75, 3.05) is 0 Å². The zero-order valence-corrected chi connectivity index (χ0v) is 38.1. The van der Waals surface area contributed by atoms with Crippen LogP contribution in [0.1, 0.15) is 28.3 Å². The summed E-state index contributed by atoms with van der Waals surface area (Å²) in [6.07, 6.45) is 8.64. The van der Waals surface area contributed by atoms with Crippen LogP contribution >= 0.6 is 0 Å². The minimum absolute atomic E-state index is 0.143. The molecular formula is C58H40N4Se2. The second-order valence-corrected chi connectivity index (χ2v) is 19.8. The Bertz CT molecular complexity index is 3350. The Balaban J connectivity index is 1.17. The molecule has 0 aliphatic carbocycles. The SMILES string of the molecule is C1=Cc2nc1c(-c1ccccc1)c1ccc([nH]1)c(-c1ccccc1)c1nc(c(-c3ccc(/C(=C/[Se]c4ccccc4)[Se]c4ccccc4)cc3)c3ccc([nH]3)c2-c2ccccc2)C=C1. The molecule has 8 bridgehead atoms. The van der Waals surface area contributed by atoms with Gasteiger partial charge in [-0.1, -0.05) is 66.7 Å². The predicted molar refractivity (Wildman–Crippen MR) is 272 cm³/mol. The van der Waals surface area contributed by atoms with Crippen LogP contribution in [-0.2, 0) is 0 Å². The second-order valence-electron chi connectivity index (χ2n) is 15.5. The van der Waals surface area contributed by atoms with Crippen LogP contribution in [0.25, 0.3) is 95.4 Å². The molecule has 5 heterocycles. The van der Waals surface area contributed by atoms with E-state index in [0.717, 1.165) is 89.4 Å². The van der Waals surface area contributed by atoms with Crippen molar-refractivity contribution in [1.82, 2.24) is 19.9 Å². The van der Waals surface area contributed by atoms with Gasteiger partial charge in [-0.05, 0) is 17.7 Å². The van der Waals surface area contributed by atoms with Gasteiger partial charge in [-0.2, -0.15) is 0 Å². The van der Waals surface area contributed by atoms with E-state index in [0.29, 0.717) is 0 Å². The fourth-order valence-corrected chi connectivity index (χ4v) is 12.7. The van der Waals surface area contributed by atoms with E-state index in [9.17, 15) is 0 Å². The number of fused-ring (bicyclic) bond motifs is 8. The van der Waals surface area contributed by atoms with Gasteiger partial charge >= 0.3 is 286 Å².